The first-order valence-corrected chi connectivity index (χ1v) is 7.21. The molecule has 0 amide bonds. The molecule has 1 heterocycles. The van der Waals surface area contributed by atoms with Crippen LogP contribution in [0.15, 0.2) is 38.3 Å². The Morgan fingerprint density at radius 1 is 1.20 bits per heavy atom. The van der Waals surface area contributed by atoms with Crippen LogP contribution in [0.25, 0.3) is 11.1 Å². The molecule has 1 aromatic carbocycles. The van der Waals surface area contributed by atoms with Gasteiger partial charge in [-0.25, -0.2) is 4.79 Å². The summed E-state index contributed by atoms with van der Waals surface area (Å²) >= 11 is 9.47. The Hall–Kier alpha value is -1.33. The van der Waals surface area contributed by atoms with Crippen LogP contribution < -0.4 is 11.2 Å². The summed E-state index contributed by atoms with van der Waals surface area (Å²) in [7, 11) is 0. The molecule has 0 saturated carbocycles. The van der Waals surface area contributed by atoms with Crippen LogP contribution in [0, 0.1) is 0 Å². The van der Waals surface area contributed by atoms with E-state index in [9.17, 15) is 9.59 Å². The van der Waals surface area contributed by atoms with E-state index in [1.807, 2.05) is 18.2 Å². The number of hydrogen-bond acceptors (Lipinski definition) is 2. The van der Waals surface area contributed by atoms with Gasteiger partial charge in [-0.05, 0) is 26.8 Å². The molecule has 1 aromatic heterocycles. The number of halogens is 2. The van der Waals surface area contributed by atoms with Gasteiger partial charge in [-0.3, -0.25) is 14.3 Å². The lowest BCUT2D eigenvalue weighted by molar-refractivity contribution is 0.367. The lowest BCUT2D eigenvalue weighted by Crippen LogP contribution is -2.45. The van der Waals surface area contributed by atoms with E-state index in [1.54, 1.807) is 26.8 Å². The van der Waals surface area contributed by atoms with Crippen LogP contribution in [0.2, 0.25) is 5.15 Å². The molecular formula is C14H14BrClN2O2. The van der Waals surface area contributed by atoms with Gasteiger partial charge < -0.3 is 0 Å². The summed E-state index contributed by atoms with van der Waals surface area (Å²) < 4.78 is 1.92. The van der Waals surface area contributed by atoms with Crippen LogP contribution in [-0.4, -0.2) is 9.55 Å². The third kappa shape index (κ3) is 2.60. The van der Waals surface area contributed by atoms with Gasteiger partial charge >= 0.3 is 5.69 Å². The van der Waals surface area contributed by atoms with E-state index in [-0.39, 0.29) is 10.7 Å². The lowest BCUT2D eigenvalue weighted by atomic mass is 10.1. The normalized spacial score (nSPS) is 11.7. The van der Waals surface area contributed by atoms with Crippen LogP contribution >= 0.6 is 27.5 Å². The highest BCUT2D eigenvalue weighted by molar-refractivity contribution is 9.10. The Labute approximate surface area is 129 Å². The standard InChI is InChI=1S/C14H14BrClN2O2/c1-14(2,3)18-12(19)10(11(16)17-13(18)20)8-6-4-5-7-9(8)15/h4-7H,1-3H3,(H,17,20). The zero-order valence-corrected chi connectivity index (χ0v) is 13.7. The van der Waals surface area contributed by atoms with E-state index in [0.717, 1.165) is 4.47 Å². The summed E-state index contributed by atoms with van der Waals surface area (Å²) in [4.78, 5) is 27.2. The van der Waals surface area contributed by atoms with Crippen molar-refractivity contribution in [2.24, 2.45) is 0 Å². The van der Waals surface area contributed by atoms with Gasteiger partial charge in [0.1, 0.15) is 5.15 Å². The molecule has 0 aliphatic rings. The maximum atomic E-state index is 12.6. The maximum Gasteiger partial charge on any atom is 0.330 e. The zero-order valence-electron chi connectivity index (χ0n) is 11.3. The molecule has 0 atom stereocenters. The summed E-state index contributed by atoms with van der Waals surface area (Å²) in [6.45, 7) is 5.38. The third-order valence-corrected chi connectivity index (χ3v) is 3.85. The number of rotatable bonds is 1. The van der Waals surface area contributed by atoms with Crippen molar-refractivity contribution in [3.63, 3.8) is 0 Å². The van der Waals surface area contributed by atoms with Crippen LogP contribution in [0.4, 0.5) is 0 Å². The third-order valence-electron chi connectivity index (χ3n) is 2.87. The van der Waals surface area contributed by atoms with Crippen molar-refractivity contribution in [2.45, 2.75) is 26.3 Å². The minimum absolute atomic E-state index is 0.0485. The predicted molar refractivity (Wildman–Crippen MR) is 84.5 cm³/mol. The minimum Gasteiger partial charge on any atom is -0.297 e. The van der Waals surface area contributed by atoms with E-state index in [2.05, 4.69) is 20.9 Å². The fourth-order valence-electron chi connectivity index (χ4n) is 2.02. The molecule has 0 aliphatic heterocycles. The summed E-state index contributed by atoms with van der Waals surface area (Å²) in [5.41, 5.74) is -0.613. The van der Waals surface area contributed by atoms with Crippen molar-refractivity contribution in [1.82, 2.24) is 9.55 Å². The molecule has 0 fully saturated rings. The Morgan fingerprint density at radius 3 is 2.35 bits per heavy atom. The van der Waals surface area contributed by atoms with Crippen molar-refractivity contribution in [1.29, 1.82) is 0 Å². The first kappa shape index (κ1) is 15.1. The zero-order chi connectivity index (χ0) is 15.1. The van der Waals surface area contributed by atoms with Gasteiger partial charge in [0.05, 0.1) is 5.56 Å². The molecule has 6 heteroatoms. The fourth-order valence-corrected chi connectivity index (χ4v) is 2.76. The largest absolute Gasteiger partial charge is 0.330 e. The fraction of sp³-hybridized carbons (Fsp3) is 0.286. The summed E-state index contributed by atoms with van der Waals surface area (Å²) in [6.07, 6.45) is 0. The number of aromatic amines is 1. The van der Waals surface area contributed by atoms with Gasteiger partial charge in [-0.15, -0.1) is 0 Å². The highest BCUT2D eigenvalue weighted by Gasteiger charge is 2.23. The van der Waals surface area contributed by atoms with Crippen molar-refractivity contribution in [3.05, 3.63) is 54.7 Å². The molecule has 0 saturated heterocycles. The van der Waals surface area contributed by atoms with Crippen LogP contribution in [0.1, 0.15) is 20.8 Å². The van der Waals surface area contributed by atoms with Crippen LogP contribution in [0.3, 0.4) is 0 Å². The van der Waals surface area contributed by atoms with E-state index in [4.69, 9.17) is 11.6 Å². The van der Waals surface area contributed by atoms with Crippen LogP contribution in [-0.2, 0) is 5.54 Å². The van der Waals surface area contributed by atoms with Crippen molar-refractivity contribution >= 4 is 27.5 Å². The van der Waals surface area contributed by atoms with Crippen LogP contribution in [0.5, 0.6) is 0 Å². The average Bonchev–Trinajstić information content (AvgIpc) is 2.28. The Kier molecular flexibility index (Phi) is 3.93. The molecule has 0 unspecified atom stereocenters. The first-order valence-electron chi connectivity index (χ1n) is 6.03. The predicted octanol–water partition coefficient (Wildman–Crippen LogP) is 3.37. The highest BCUT2D eigenvalue weighted by atomic mass is 79.9. The molecule has 1 N–H and O–H groups in total. The second-order valence-electron chi connectivity index (χ2n) is 5.41. The number of H-pyrrole nitrogens is 1. The summed E-state index contributed by atoms with van der Waals surface area (Å²) in [6, 6.07) is 7.24. The Bertz CT molecular complexity index is 772. The molecule has 0 radical (unpaired) electrons. The smallest absolute Gasteiger partial charge is 0.297 e. The van der Waals surface area contributed by atoms with Gasteiger partial charge in [0, 0.05) is 15.6 Å². The maximum absolute atomic E-state index is 12.6. The summed E-state index contributed by atoms with van der Waals surface area (Å²) in [5.74, 6) is 0. The Balaban J connectivity index is 2.90. The van der Waals surface area contributed by atoms with Gasteiger partial charge in [-0.2, -0.15) is 0 Å². The number of hydrogen-bond donors (Lipinski definition) is 1. The van der Waals surface area contributed by atoms with Gasteiger partial charge in [0.2, 0.25) is 0 Å². The number of benzene rings is 1. The van der Waals surface area contributed by atoms with Crippen molar-refractivity contribution in [3.8, 4) is 11.1 Å². The molecule has 20 heavy (non-hydrogen) atoms. The van der Waals surface area contributed by atoms with Gasteiger partial charge in [-0.1, -0.05) is 45.7 Å². The number of nitrogens with one attached hydrogen (secondary N) is 1. The molecular weight excluding hydrogens is 344 g/mol. The van der Waals surface area contributed by atoms with Gasteiger partial charge in [0.25, 0.3) is 5.56 Å². The van der Waals surface area contributed by atoms with E-state index < -0.39 is 16.8 Å². The Morgan fingerprint density at radius 2 is 1.80 bits per heavy atom. The summed E-state index contributed by atoms with van der Waals surface area (Å²) in [5, 5.41) is 0.0485. The molecule has 4 nitrogen and oxygen atoms in total. The average molecular weight is 358 g/mol. The quantitative estimate of drug-likeness (QED) is 0.796. The molecule has 0 spiro atoms. The highest BCUT2D eigenvalue weighted by Crippen LogP contribution is 2.29. The lowest BCUT2D eigenvalue weighted by Gasteiger charge is -2.22. The number of aromatic nitrogens is 2. The van der Waals surface area contributed by atoms with Crippen molar-refractivity contribution in [2.75, 3.05) is 0 Å². The van der Waals surface area contributed by atoms with E-state index >= 15 is 0 Å². The molecule has 2 rings (SSSR count). The van der Waals surface area contributed by atoms with Crippen molar-refractivity contribution < 1.29 is 0 Å². The second-order valence-corrected chi connectivity index (χ2v) is 6.64. The molecule has 106 valence electrons. The topological polar surface area (TPSA) is 54.9 Å². The van der Waals surface area contributed by atoms with E-state index in [1.165, 1.54) is 4.57 Å². The second kappa shape index (κ2) is 5.22. The SMILES string of the molecule is CC(C)(C)n1c(=O)[nH]c(Cl)c(-c2ccccc2Br)c1=O. The number of nitrogens with zero attached hydrogens (tertiary/aromatic N) is 1. The molecule has 0 bridgehead atoms. The van der Waals surface area contributed by atoms with Gasteiger partial charge in [0.15, 0.2) is 0 Å². The first-order chi connectivity index (χ1) is 9.23. The monoisotopic (exact) mass is 356 g/mol. The molecule has 2 aromatic rings. The van der Waals surface area contributed by atoms with E-state index in [0.29, 0.717) is 5.56 Å². The molecule has 0 aliphatic carbocycles. The minimum atomic E-state index is -0.634.